The lowest BCUT2D eigenvalue weighted by molar-refractivity contribution is 0.415. The highest BCUT2D eigenvalue weighted by Gasteiger charge is 2.14. The molecule has 140 valence electrons. The molecule has 3 aromatic rings. The molecular weight excluding hydrogens is 379 g/mol. The number of allylic oxidation sites excluding steroid dienone is 1. The lowest BCUT2D eigenvalue weighted by Crippen LogP contribution is -2.11. The van der Waals surface area contributed by atoms with E-state index in [2.05, 4.69) is 47.5 Å². The first-order valence-electron chi connectivity index (χ1n) is 8.57. The summed E-state index contributed by atoms with van der Waals surface area (Å²) in [6, 6.07) is 16.7. The maximum absolute atomic E-state index is 5.30. The summed E-state index contributed by atoms with van der Waals surface area (Å²) >= 11 is 0. The molecule has 0 saturated carbocycles. The Hall–Kier alpha value is -2.36. The first kappa shape index (κ1) is 20.9. The smallest absolute Gasteiger partial charge is 0.119 e. The third kappa shape index (κ3) is 4.68. The summed E-state index contributed by atoms with van der Waals surface area (Å²) in [7, 11) is 1.70. The summed E-state index contributed by atoms with van der Waals surface area (Å²) in [5.41, 5.74) is 4.66. The van der Waals surface area contributed by atoms with E-state index in [1.165, 1.54) is 21.9 Å². The fourth-order valence-corrected chi connectivity index (χ4v) is 3.26. The number of rotatable bonds is 3. The van der Waals surface area contributed by atoms with E-state index < -0.39 is 0 Å². The highest BCUT2D eigenvalue weighted by atomic mass is 35.5. The van der Waals surface area contributed by atoms with Gasteiger partial charge in [0.05, 0.1) is 12.8 Å². The van der Waals surface area contributed by atoms with Gasteiger partial charge in [0.15, 0.2) is 0 Å². The third-order valence-electron chi connectivity index (χ3n) is 4.53. The van der Waals surface area contributed by atoms with E-state index in [-0.39, 0.29) is 24.8 Å². The Labute approximate surface area is 172 Å². The van der Waals surface area contributed by atoms with Gasteiger partial charge in [-0.3, -0.25) is 9.98 Å². The van der Waals surface area contributed by atoms with Crippen molar-refractivity contribution in [3.8, 4) is 5.75 Å². The molecular formula is C22H22Cl2N2O. The number of nitrogens with zero attached hydrogens (tertiary/aromatic N) is 2. The molecule has 4 rings (SSSR count). The van der Waals surface area contributed by atoms with E-state index in [0.717, 1.165) is 36.4 Å². The Morgan fingerprint density at radius 1 is 1.00 bits per heavy atom. The number of fused-ring (bicyclic) bond motifs is 1. The molecule has 1 aliphatic rings. The fraction of sp³-hybridized carbons (Fsp3) is 0.182. The lowest BCUT2D eigenvalue weighted by atomic mass is 9.94. The average Bonchev–Trinajstić information content (AvgIpc) is 2.68. The van der Waals surface area contributed by atoms with Crippen molar-refractivity contribution in [2.24, 2.45) is 4.99 Å². The number of aromatic nitrogens is 1. The van der Waals surface area contributed by atoms with Gasteiger partial charge in [0.2, 0.25) is 0 Å². The van der Waals surface area contributed by atoms with Crippen molar-refractivity contribution in [3.63, 3.8) is 0 Å². The Kier molecular flexibility index (Phi) is 7.40. The van der Waals surface area contributed by atoms with E-state index >= 15 is 0 Å². The highest BCUT2D eigenvalue weighted by molar-refractivity contribution is 6.15. The molecule has 3 nitrogen and oxygen atoms in total. The van der Waals surface area contributed by atoms with Crippen molar-refractivity contribution in [2.45, 2.75) is 12.8 Å². The number of hydrogen-bond donors (Lipinski definition) is 0. The Morgan fingerprint density at radius 3 is 2.59 bits per heavy atom. The van der Waals surface area contributed by atoms with Gasteiger partial charge in [0.25, 0.3) is 0 Å². The molecule has 2 aromatic carbocycles. The van der Waals surface area contributed by atoms with Crippen molar-refractivity contribution < 1.29 is 4.74 Å². The standard InChI is InChI=1S/C22H20N2O.2ClH/c1-25-21-9-8-17-12-16(6-7-18(17)14-21)13-19-4-3-11-24-22(19)20-5-2-10-23-15-20;;/h2,5-10,12-15H,3-4,11H2,1H3;2*1H/b19-13+;;. The minimum atomic E-state index is 0. The molecule has 0 aliphatic carbocycles. The van der Waals surface area contributed by atoms with Gasteiger partial charge < -0.3 is 4.74 Å². The van der Waals surface area contributed by atoms with Gasteiger partial charge in [-0.2, -0.15) is 0 Å². The van der Waals surface area contributed by atoms with Crippen LogP contribution in [0.1, 0.15) is 24.0 Å². The second-order valence-electron chi connectivity index (χ2n) is 6.22. The maximum atomic E-state index is 5.30. The summed E-state index contributed by atoms with van der Waals surface area (Å²) < 4.78 is 5.30. The molecule has 1 aliphatic heterocycles. The fourth-order valence-electron chi connectivity index (χ4n) is 3.26. The van der Waals surface area contributed by atoms with Crippen LogP contribution in [0, 0.1) is 0 Å². The highest BCUT2D eigenvalue weighted by Crippen LogP contribution is 2.25. The van der Waals surface area contributed by atoms with Gasteiger partial charge in [0.1, 0.15) is 5.75 Å². The number of hydrogen-bond acceptors (Lipinski definition) is 3. The molecule has 2 heterocycles. The second kappa shape index (κ2) is 9.54. The van der Waals surface area contributed by atoms with Crippen LogP contribution in [0.2, 0.25) is 0 Å². The minimum Gasteiger partial charge on any atom is -0.497 e. The molecule has 0 amide bonds. The van der Waals surface area contributed by atoms with Crippen molar-refractivity contribution in [3.05, 3.63) is 77.6 Å². The molecule has 0 unspecified atom stereocenters. The Morgan fingerprint density at radius 2 is 1.81 bits per heavy atom. The average molecular weight is 401 g/mol. The van der Waals surface area contributed by atoms with Crippen molar-refractivity contribution in [1.82, 2.24) is 4.98 Å². The number of benzene rings is 2. The zero-order valence-electron chi connectivity index (χ0n) is 15.1. The molecule has 0 fully saturated rings. The predicted molar refractivity (Wildman–Crippen MR) is 118 cm³/mol. The monoisotopic (exact) mass is 400 g/mol. The van der Waals surface area contributed by atoms with Crippen LogP contribution < -0.4 is 4.74 Å². The van der Waals surface area contributed by atoms with Crippen molar-refractivity contribution in [2.75, 3.05) is 13.7 Å². The summed E-state index contributed by atoms with van der Waals surface area (Å²) in [6.07, 6.45) is 8.10. The van der Waals surface area contributed by atoms with Crippen molar-refractivity contribution >= 4 is 47.4 Å². The van der Waals surface area contributed by atoms with E-state index in [0.29, 0.717) is 0 Å². The molecule has 0 atom stereocenters. The Balaban J connectivity index is 0.00000131. The van der Waals surface area contributed by atoms with Crippen molar-refractivity contribution in [1.29, 1.82) is 0 Å². The predicted octanol–water partition coefficient (Wildman–Crippen LogP) is 5.75. The normalized spacial score (nSPS) is 14.9. The van der Waals surface area contributed by atoms with Gasteiger partial charge in [-0.1, -0.05) is 18.2 Å². The molecule has 0 spiro atoms. The van der Waals surface area contributed by atoms with E-state index in [9.17, 15) is 0 Å². The molecule has 5 heteroatoms. The minimum absolute atomic E-state index is 0. The van der Waals surface area contributed by atoms with Crippen LogP contribution >= 0.6 is 24.8 Å². The second-order valence-corrected chi connectivity index (χ2v) is 6.22. The molecule has 1 aromatic heterocycles. The quantitative estimate of drug-likeness (QED) is 0.560. The molecule has 27 heavy (non-hydrogen) atoms. The van der Waals surface area contributed by atoms with Gasteiger partial charge in [-0.15, -0.1) is 24.8 Å². The molecule has 0 saturated heterocycles. The van der Waals surface area contributed by atoms with E-state index in [4.69, 9.17) is 9.73 Å². The van der Waals surface area contributed by atoms with Gasteiger partial charge in [-0.25, -0.2) is 0 Å². The number of aliphatic imine (C=N–C) groups is 1. The summed E-state index contributed by atoms with van der Waals surface area (Å²) in [4.78, 5) is 8.99. The third-order valence-corrected chi connectivity index (χ3v) is 4.53. The van der Waals surface area contributed by atoms with Gasteiger partial charge in [-0.05, 0) is 71.2 Å². The lowest BCUT2D eigenvalue weighted by Gasteiger charge is -2.16. The summed E-state index contributed by atoms with van der Waals surface area (Å²) in [6.45, 7) is 0.888. The number of ether oxygens (including phenoxy) is 1. The van der Waals surface area contributed by atoms with Gasteiger partial charge in [0, 0.05) is 24.5 Å². The number of pyridine rings is 1. The number of methoxy groups -OCH3 is 1. The van der Waals surface area contributed by atoms with Crippen LogP contribution in [0.4, 0.5) is 0 Å². The van der Waals surface area contributed by atoms with Crippen LogP contribution in [0.5, 0.6) is 5.75 Å². The zero-order valence-corrected chi connectivity index (χ0v) is 16.7. The number of halogens is 2. The zero-order chi connectivity index (χ0) is 17.1. The first-order valence-corrected chi connectivity index (χ1v) is 8.57. The van der Waals surface area contributed by atoms with Crippen LogP contribution in [0.3, 0.4) is 0 Å². The van der Waals surface area contributed by atoms with E-state index in [1.54, 1.807) is 13.3 Å². The van der Waals surface area contributed by atoms with Crippen LogP contribution in [-0.4, -0.2) is 24.4 Å². The first-order chi connectivity index (χ1) is 12.3. The Bertz CT molecular complexity index is 968. The topological polar surface area (TPSA) is 34.5 Å². The summed E-state index contributed by atoms with van der Waals surface area (Å²) in [5, 5.41) is 2.40. The van der Waals surface area contributed by atoms with Crippen LogP contribution in [0.25, 0.3) is 16.8 Å². The van der Waals surface area contributed by atoms with Crippen LogP contribution in [0.15, 0.2) is 71.5 Å². The SMILES string of the molecule is COc1ccc2cc(/C=C3\CCCN=C3c3cccnc3)ccc2c1.Cl.Cl. The summed E-state index contributed by atoms with van der Waals surface area (Å²) in [5.74, 6) is 0.886. The molecule has 0 N–H and O–H groups in total. The molecule has 0 radical (unpaired) electrons. The molecule has 0 bridgehead atoms. The van der Waals surface area contributed by atoms with Crippen LogP contribution in [-0.2, 0) is 0 Å². The maximum Gasteiger partial charge on any atom is 0.119 e. The van der Waals surface area contributed by atoms with Gasteiger partial charge >= 0.3 is 0 Å². The largest absolute Gasteiger partial charge is 0.497 e. The van der Waals surface area contributed by atoms with E-state index in [1.807, 2.05) is 18.3 Å².